The van der Waals surface area contributed by atoms with Gasteiger partial charge in [0.15, 0.2) is 0 Å². The summed E-state index contributed by atoms with van der Waals surface area (Å²) in [6, 6.07) is 7.85. The predicted octanol–water partition coefficient (Wildman–Crippen LogP) is 1.48. The van der Waals surface area contributed by atoms with Gasteiger partial charge in [0.2, 0.25) is 11.8 Å². The number of nitrogens with one attached hydrogen (secondary N) is 1. The molecule has 1 aromatic carbocycles. The van der Waals surface area contributed by atoms with Crippen molar-refractivity contribution in [2.45, 2.75) is 18.1 Å². The van der Waals surface area contributed by atoms with Gasteiger partial charge in [0.1, 0.15) is 9.57 Å². The molecule has 2 heterocycles. The molecule has 2 amide bonds. The number of fused-ring (bicyclic) bond motifs is 1. The summed E-state index contributed by atoms with van der Waals surface area (Å²) in [6.45, 7) is 0.381. The van der Waals surface area contributed by atoms with E-state index in [1.54, 1.807) is 4.90 Å². The number of nitrogens with zero attached hydrogens (tertiary/aromatic N) is 1. The van der Waals surface area contributed by atoms with Crippen molar-refractivity contribution < 1.29 is 9.59 Å². The van der Waals surface area contributed by atoms with Gasteiger partial charge in [0.05, 0.1) is 0 Å². The van der Waals surface area contributed by atoms with Crippen LogP contribution in [0.2, 0.25) is 0 Å². The van der Waals surface area contributed by atoms with Gasteiger partial charge in [-0.05, 0) is 18.1 Å². The summed E-state index contributed by atoms with van der Waals surface area (Å²) in [6.07, 6.45) is 1.27. The third-order valence-corrected chi connectivity index (χ3v) is 4.66. The number of amides is 2. The van der Waals surface area contributed by atoms with E-state index in [-0.39, 0.29) is 17.1 Å². The first kappa shape index (κ1) is 12.6. The largest absolute Gasteiger partial charge is 0.311 e. The zero-order valence-electron chi connectivity index (χ0n) is 10.1. The van der Waals surface area contributed by atoms with Crippen LogP contribution in [0.15, 0.2) is 24.3 Å². The maximum absolute atomic E-state index is 12.1. The van der Waals surface area contributed by atoms with Crippen molar-refractivity contribution in [3.8, 4) is 0 Å². The average Bonchev–Trinajstić information content (AvgIpc) is 2.71. The Balaban J connectivity index is 1.86. The lowest BCUT2D eigenvalue weighted by Crippen LogP contribution is -2.42. The number of carbonyl (C=O) groups is 2. The van der Waals surface area contributed by atoms with E-state index in [1.807, 2.05) is 24.3 Å². The number of hydrogen-bond donors (Lipinski definition) is 1. The van der Waals surface area contributed by atoms with E-state index in [9.17, 15) is 9.59 Å². The smallest absolute Gasteiger partial charge is 0.240 e. The van der Waals surface area contributed by atoms with Crippen LogP contribution in [0.3, 0.4) is 0 Å². The highest BCUT2D eigenvalue weighted by atomic mass is 32.2. The van der Waals surface area contributed by atoms with Crippen LogP contribution in [0.1, 0.15) is 12.0 Å². The summed E-state index contributed by atoms with van der Waals surface area (Å²) in [5.41, 5.74) is 2.08. The topological polar surface area (TPSA) is 49.4 Å². The van der Waals surface area contributed by atoms with E-state index in [0.29, 0.717) is 17.3 Å². The summed E-state index contributed by atoms with van der Waals surface area (Å²) in [7, 11) is 0. The highest BCUT2D eigenvalue weighted by Crippen LogP contribution is 2.30. The predicted molar refractivity (Wildman–Crippen MR) is 79.2 cm³/mol. The van der Waals surface area contributed by atoms with Gasteiger partial charge in [0.25, 0.3) is 0 Å². The Morgan fingerprint density at radius 2 is 2.11 bits per heavy atom. The Morgan fingerprint density at radius 3 is 2.84 bits per heavy atom. The molecule has 2 aliphatic heterocycles. The lowest BCUT2D eigenvalue weighted by Gasteiger charge is -2.30. The molecule has 0 bridgehead atoms. The van der Waals surface area contributed by atoms with Crippen LogP contribution in [0.5, 0.6) is 0 Å². The van der Waals surface area contributed by atoms with Gasteiger partial charge in [0, 0.05) is 18.7 Å². The summed E-state index contributed by atoms with van der Waals surface area (Å²) in [4.78, 5) is 25.5. The fraction of sp³-hybridized carbons (Fsp3) is 0.308. The molecule has 1 aromatic rings. The van der Waals surface area contributed by atoms with Crippen molar-refractivity contribution in [3.05, 3.63) is 29.8 Å². The molecule has 0 aromatic heterocycles. The van der Waals surface area contributed by atoms with E-state index in [4.69, 9.17) is 12.2 Å². The second kappa shape index (κ2) is 4.94. The molecular formula is C13H12N2O2S2. The number of hydrogen-bond acceptors (Lipinski definition) is 4. The molecular weight excluding hydrogens is 280 g/mol. The number of thioether (sulfide) groups is 1. The maximum atomic E-state index is 12.1. The van der Waals surface area contributed by atoms with Crippen molar-refractivity contribution in [1.29, 1.82) is 0 Å². The number of benzene rings is 1. The van der Waals surface area contributed by atoms with Gasteiger partial charge in [-0.3, -0.25) is 9.59 Å². The molecule has 0 aliphatic carbocycles. The summed E-state index contributed by atoms with van der Waals surface area (Å²) in [5, 5.41) is 2.31. The molecule has 6 heteroatoms. The molecule has 19 heavy (non-hydrogen) atoms. The Hall–Kier alpha value is -1.40. The fourth-order valence-electron chi connectivity index (χ4n) is 2.38. The molecule has 98 valence electrons. The molecule has 1 unspecified atom stereocenters. The quantitative estimate of drug-likeness (QED) is 0.839. The van der Waals surface area contributed by atoms with Crippen LogP contribution in [0.4, 0.5) is 5.69 Å². The summed E-state index contributed by atoms with van der Waals surface area (Å²) in [5.74, 6) is -0.0317. The molecule has 1 fully saturated rings. The minimum absolute atomic E-state index is 0.0740. The third-order valence-electron chi connectivity index (χ3n) is 3.31. The Labute approximate surface area is 120 Å². The van der Waals surface area contributed by atoms with Crippen LogP contribution in [-0.4, -0.2) is 27.9 Å². The highest BCUT2D eigenvalue weighted by Gasteiger charge is 2.34. The first-order chi connectivity index (χ1) is 9.15. The average molecular weight is 292 g/mol. The zero-order valence-corrected chi connectivity index (χ0v) is 11.7. The lowest BCUT2D eigenvalue weighted by molar-refractivity contribution is -0.119. The minimum atomic E-state index is -0.303. The number of anilines is 1. The van der Waals surface area contributed by atoms with Gasteiger partial charge in [-0.15, -0.1) is 0 Å². The van der Waals surface area contributed by atoms with E-state index in [0.717, 1.165) is 17.7 Å². The van der Waals surface area contributed by atoms with Gasteiger partial charge in [-0.2, -0.15) is 0 Å². The maximum Gasteiger partial charge on any atom is 0.240 e. The second-order valence-corrected chi connectivity index (χ2v) is 6.40. The molecule has 3 rings (SSSR count). The van der Waals surface area contributed by atoms with Crippen LogP contribution >= 0.6 is 24.0 Å². The first-order valence-corrected chi connectivity index (χ1v) is 7.33. The SMILES string of the molecule is O=C1NC(=S)SC1CN1C(=O)CCc2ccccc21. The van der Waals surface area contributed by atoms with Crippen LogP contribution in [0, 0.1) is 0 Å². The van der Waals surface area contributed by atoms with E-state index in [1.165, 1.54) is 11.8 Å². The number of para-hydroxylation sites is 1. The number of thiocarbonyl (C=S) groups is 1. The van der Waals surface area contributed by atoms with Crippen molar-refractivity contribution in [3.63, 3.8) is 0 Å². The summed E-state index contributed by atoms with van der Waals surface area (Å²) >= 11 is 6.30. The zero-order chi connectivity index (χ0) is 13.4. The van der Waals surface area contributed by atoms with E-state index >= 15 is 0 Å². The van der Waals surface area contributed by atoms with Crippen LogP contribution < -0.4 is 10.2 Å². The number of carbonyl (C=O) groups excluding carboxylic acids is 2. The molecule has 0 radical (unpaired) electrons. The van der Waals surface area contributed by atoms with Gasteiger partial charge in [-0.1, -0.05) is 42.2 Å². The first-order valence-electron chi connectivity index (χ1n) is 6.05. The van der Waals surface area contributed by atoms with Gasteiger partial charge in [-0.25, -0.2) is 0 Å². The third kappa shape index (κ3) is 2.37. The lowest BCUT2D eigenvalue weighted by atomic mass is 10.0. The molecule has 0 saturated carbocycles. The van der Waals surface area contributed by atoms with Crippen LogP contribution in [0.25, 0.3) is 0 Å². The molecule has 1 saturated heterocycles. The van der Waals surface area contributed by atoms with Gasteiger partial charge >= 0.3 is 0 Å². The Kier molecular flexibility index (Phi) is 3.28. The van der Waals surface area contributed by atoms with E-state index in [2.05, 4.69) is 5.32 Å². The van der Waals surface area contributed by atoms with Crippen molar-refractivity contribution >= 4 is 45.8 Å². The standard InChI is InChI=1S/C13H12N2O2S2/c16-11-6-5-8-3-1-2-4-9(8)15(11)7-10-12(17)14-13(18)19-10/h1-4,10H,5-7H2,(H,14,17,18). The molecule has 4 nitrogen and oxygen atoms in total. The molecule has 1 atom stereocenters. The monoisotopic (exact) mass is 292 g/mol. The molecule has 1 N–H and O–H groups in total. The Morgan fingerprint density at radius 1 is 1.32 bits per heavy atom. The van der Waals surface area contributed by atoms with Crippen molar-refractivity contribution in [2.75, 3.05) is 11.4 Å². The number of aryl methyl sites for hydroxylation is 1. The fourth-order valence-corrected chi connectivity index (χ4v) is 3.63. The number of rotatable bonds is 2. The van der Waals surface area contributed by atoms with Crippen LogP contribution in [-0.2, 0) is 16.0 Å². The minimum Gasteiger partial charge on any atom is -0.311 e. The van der Waals surface area contributed by atoms with Crippen molar-refractivity contribution in [1.82, 2.24) is 5.32 Å². The molecule has 2 aliphatic rings. The summed E-state index contributed by atoms with van der Waals surface area (Å²) < 4.78 is 0.493. The Bertz CT molecular complexity index is 574. The normalized spacial score (nSPS) is 22.4. The highest BCUT2D eigenvalue weighted by molar-refractivity contribution is 8.24. The van der Waals surface area contributed by atoms with Crippen molar-refractivity contribution in [2.24, 2.45) is 0 Å². The van der Waals surface area contributed by atoms with Gasteiger partial charge < -0.3 is 10.2 Å². The molecule has 0 spiro atoms. The van der Waals surface area contributed by atoms with E-state index < -0.39 is 0 Å². The second-order valence-electron chi connectivity index (χ2n) is 4.52.